The number of hydrogen-bond donors (Lipinski definition) is 2. The molecule has 0 bridgehead atoms. The van der Waals surface area contributed by atoms with Gasteiger partial charge in [-0.3, -0.25) is 4.72 Å². The van der Waals surface area contributed by atoms with Gasteiger partial charge in [0.2, 0.25) is 5.89 Å². The van der Waals surface area contributed by atoms with Crippen LogP contribution in [-0.4, -0.2) is 45.3 Å². The molecular formula is C27H26N2O8S. The second-order valence-corrected chi connectivity index (χ2v) is 9.77. The van der Waals surface area contributed by atoms with Gasteiger partial charge in [0, 0.05) is 12.0 Å². The van der Waals surface area contributed by atoms with Gasteiger partial charge in [-0.15, -0.1) is 0 Å². The van der Waals surface area contributed by atoms with E-state index >= 15 is 0 Å². The molecule has 4 rings (SSSR count). The minimum Gasteiger partial charge on any atom is -0.493 e. The number of aromatic carboxylic acids is 1. The maximum absolute atomic E-state index is 13.0. The molecule has 0 atom stereocenters. The van der Waals surface area contributed by atoms with Gasteiger partial charge in [0.25, 0.3) is 10.0 Å². The van der Waals surface area contributed by atoms with Crippen molar-refractivity contribution in [1.82, 2.24) is 4.98 Å². The van der Waals surface area contributed by atoms with Crippen molar-refractivity contribution >= 4 is 21.7 Å². The second kappa shape index (κ2) is 11.3. The van der Waals surface area contributed by atoms with E-state index in [-0.39, 0.29) is 27.6 Å². The molecule has 0 aliphatic carbocycles. The molecule has 0 saturated carbocycles. The van der Waals surface area contributed by atoms with Crippen LogP contribution < -0.4 is 18.9 Å². The van der Waals surface area contributed by atoms with E-state index in [4.69, 9.17) is 18.6 Å². The Morgan fingerprint density at radius 3 is 2.34 bits per heavy atom. The quantitative estimate of drug-likeness (QED) is 0.276. The molecule has 4 aromatic rings. The van der Waals surface area contributed by atoms with Crippen LogP contribution >= 0.6 is 0 Å². The number of carboxylic acids is 1. The molecule has 0 spiro atoms. The van der Waals surface area contributed by atoms with Gasteiger partial charge in [0.15, 0.2) is 11.5 Å². The lowest BCUT2D eigenvalue weighted by Gasteiger charge is -2.16. The summed E-state index contributed by atoms with van der Waals surface area (Å²) < 4.78 is 50.0. The maximum atomic E-state index is 13.0. The highest BCUT2D eigenvalue weighted by Gasteiger charge is 2.25. The van der Waals surface area contributed by atoms with Crippen LogP contribution in [0.3, 0.4) is 0 Å². The molecule has 198 valence electrons. The Balaban J connectivity index is 1.43. The number of carbonyl (C=O) groups is 1. The Kier molecular flexibility index (Phi) is 7.87. The highest BCUT2D eigenvalue weighted by atomic mass is 32.2. The van der Waals surface area contributed by atoms with Crippen LogP contribution in [0.4, 0.5) is 5.69 Å². The Morgan fingerprint density at radius 2 is 1.71 bits per heavy atom. The van der Waals surface area contributed by atoms with Crippen LogP contribution in [0.25, 0.3) is 11.5 Å². The standard InChI is InChI=1S/C27H26N2O8S/c1-17-21(28-26(37-17)18-7-5-4-6-8-18)15-16-36-19-9-11-20(12-10-19)38(32,33)29-22-13-14-23(34-2)25(35-3)24(22)27(30)31/h4-14,29H,15-16H2,1-3H3,(H,30,31). The molecule has 2 N–H and O–H groups in total. The van der Waals surface area contributed by atoms with E-state index in [1.54, 1.807) is 0 Å². The second-order valence-electron chi connectivity index (χ2n) is 8.09. The van der Waals surface area contributed by atoms with Gasteiger partial charge in [-0.1, -0.05) is 18.2 Å². The van der Waals surface area contributed by atoms with Gasteiger partial charge >= 0.3 is 5.97 Å². The number of nitrogens with zero attached hydrogens (tertiary/aromatic N) is 1. The Morgan fingerprint density at radius 1 is 1.00 bits per heavy atom. The first kappa shape index (κ1) is 26.6. The molecule has 0 fully saturated rings. The van der Waals surface area contributed by atoms with Crippen molar-refractivity contribution in [3.63, 3.8) is 0 Å². The van der Waals surface area contributed by atoms with Crippen molar-refractivity contribution in [1.29, 1.82) is 0 Å². The summed E-state index contributed by atoms with van der Waals surface area (Å²) >= 11 is 0. The number of carboxylic acid groups (broad SMARTS) is 1. The largest absolute Gasteiger partial charge is 0.493 e. The number of oxazole rings is 1. The number of nitrogens with one attached hydrogen (secondary N) is 1. The number of anilines is 1. The first-order valence-electron chi connectivity index (χ1n) is 11.5. The molecule has 38 heavy (non-hydrogen) atoms. The third-order valence-electron chi connectivity index (χ3n) is 5.66. The van der Waals surface area contributed by atoms with Crippen molar-refractivity contribution < 1.29 is 36.9 Å². The zero-order valence-electron chi connectivity index (χ0n) is 20.9. The number of rotatable bonds is 11. The number of methoxy groups -OCH3 is 2. The fourth-order valence-electron chi connectivity index (χ4n) is 3.77. The van der Waals surface area contributed by atoms with E-state index in [2.05, 4.69) is 9.71 Å². The first-order valence-corrected chi connectivity index (χ1v) is 13.0. The van der Waals surface area contributed by atoms with Gasteiger partial charge in [-0.25, -0.2) is 18.2 Å². The third kappa shape index (κ3) is 5.73. The van der Waals surface area contributed by atoms with Crippen molar-refractivity contribution in [3.8, 4) is 28.7 Å². The summed E-state index contributed by atoms with van der Waals surface area (Å²) in [7, 11) is -1.49. The van der Waals surface area contributed by atoms with Crippen LogP contribution in [0, 0.1) is 6.92 Å². The summed E-state index contributed by atoms with van der Waals surface area (Å²) in [6.45, 7) is 2.15. The van der Waals surface area contributed by atoms with E-state index in [1.165, 1.54) is 50.6 Å². The van der Waals surface area contributed by atoms with E-state index in [0.29, 0.717) is 30.4 Å². The lowest BCUT2D eigenvalue weighted by molar-refractivity contribution is 0.0694. The maximum Gasteiger partial charge on any atom is 0.341 e. The van der Waals surface area contributed by atoms with Gasteiger partial charge in [-0.05, 0) is 55.5 Å². The molecule has 3 aromatic carbocycles. The van der Waals surface area contributed by atoms with Crippen molar-refractivity contribution in [3.05, 3.63) is 83.7 Å². The number of benzene rings is 3. The van der Waals surface area contributed by atoms with E-state index in [1.807, 2.05) is 37.3 Å². The highest BCUT2D eigenvalue weighted by Crippen LogP contribution is 2.37. The van der Waals surface area contributed by atoms with E-state index in [0.717, 1.165) is 11.3 Å². The summed E-state index contributed by atoms with van der Waals surface area (Å²) in [4.78, 5) is 16.3. The zero-order chi connectivity index (χ0) is 27.3. The van der Waals surface area contributed by atoms with Gasteiger partial charge in [0.1, 0.15) is 17.1 Å². The average molecular weight is 539 g/mol. The van der Waals surface area contributed by atoms with Gasteiger partial charge in [-0.2, -0.15) is 0 Å². The molecule has 1 heterocycles. The SMILES string of the molecule is COc1ccc(NS(=O)(=O)c2ccc(OCCc3nc(-c4ccccc4)oc3C)cc2)c(C(=O)O)c1OC. The summed E-state index contributed by atoms with van der Waals surface area (Å²) in [5.74, 6) is 0.399. The van der Waals surface area contributed by atoms with Crippen LogP contribution in [-0.2, 0) is 16.4 Å². The fourth-order valence-corrected chi connectivity index (χ4v) is 4.84. The van der Waals surface area contributed by atoms with Crippen molar-refractivity contribution in [2.75, 3.05) is 25.5 Å². The monoisotopic (exact) mass is 538 g/mol. The molecular weight excluding hydrogens is 512 g/mol. The van der Waals surface area contributed by atoms with Crippen LogP contribution in [0.5, 0.6) is 17.2 Å². The molecule has 11 heteroatoms. The fraction of sp³-hybridized carbons (Fsp3) is 0.185. The van der Waals surface area contributed by atoms with Crippen LogP contribution in [0.15, 0.2) is 76.0 Å². The van der Waals surface area contributed by atoms with Crippen LogP contribution in [0.1, 0.15) is 21.8 Å². The lowest BCUT2D eigenvalue weighted by Crippen LogP contribution is -2.16. The molecule has 0 aliphatic heterocycles. The minimum absolute atomic E-state index is 0.0733. The summed E-state index contributed by atoms with van der Waals surface area (Å²) in [6, 6.07) is 18.1. The van der Waals surface area contributed by atoms with Crippen LogP contribution in [0.2, 0.25) is 0 Å². The Hall–Kier alpha value is -4.51. The van der Waals surface area contributed by atoms with E-state index in [9.17, 15) is 18.3 Å². The first-order chi connectivity index (χ1) is 18.2. The highest BCUT2D eigenvalue weighted by molar-refractivity contribution is 7.92. The molecule has 0 aliphatic rings. The molecule has 1 aromatic heterocycles. The molecule has 0 radical (unpaired) electrons. The van der Waals surface area contributed by atoms with Gasteiger partial charge in [0.05, 0.1) is 37.1 Å². The summed E-state index contributed by atoms with van der Waals surface area (Å²) in [5, 5.41) is 9.65. The molecule has 0 saturated heterocycles. The Labute approximate surface area is 219 Å². The topological polar surface area (TPSA) is 137 Å². The lowest BCUT2D eigenvalue weighted by atomic mass is 10.1. The molecule has 0 unspecified atom stereocenters. The number of aromatic nitrogens is 1. The smallest absolute Gasteiger partial charge is 0.341 e. The van der Waals surface area contributed by atoms with E-state index < -0.39 is 16.0 Å². The number of sulfonamides is 1. The average Bonchev–Trinajstić information content (AvgIpc) is 3.29. The van der Waals surface area contributed by atoms with Crippen molar-refractivity contribution in [2.24, 2.45) is 0 Å². The minimum atomic E-state index is -4.11. The predicted octanol–water partition coefficient (Wildman–Crippen LogP) is 4.79. The number of hydrogen-bond acceptors (Lipinski definition) is 8. The molecule has 0 amide bonds. The van der Waals surface area contributed by atoms with Gasteiger partial charge < -0.3 is 23.7 Å². The third-order valence-corrected chi connectivity index (χ3v) is 7.04. The Bertz CT molecular complexity index is 1530. The number of ether oxygens (including phenoxy) is 3. The normalized spacial score (nSPS) is 11.1. The molecule has 10 nitrogen and oxygen atoms in total. The summed E-state index contributed by atoms with van der Waals surface area (Å²) in [6.07, 6.45) is 0.501. The zero-order valence-corrected chi connectivity index (χ0v) is 21.7. The summed E-state index contributed by atoms with van der Waals surface area (Å²) in [5.41, 5.74) is 1.13. The predicted molar refractivity (Wildman–Crippen MR) is 140 cm³/mol. The number of aryl methyl sites for hydroxylation is 1. The van der Waals surface area contributed by atoms with Crippen molar-refractivity contribution in [2.45, 2.75) is 18.2 Å².